The van der Waals surface area contributed by atoms with E-state index >= 15 is 0 Å². The first-order valence-electron chi connectivity index (χ1n) is 5.12. The first-order chi connectivity index (χ1) is 6.61. The molecule has 1 nitrogen and oxygen atoms in total. The van der Waals surface area contributed by atoms with Crippen LogP contribution in [0.2, 0.25) is 0 Å². The van der Waals surface area contributed by atoms with E-state index in [4.69, 9.17) is 0 Å². The lowest BCUT2D eigenvalue weighted by Crippen LogP contribution is -2.10. The molecule has 0 aromatic heterocycles. The van der Waals surface area contributed by atoms with Crippen molar-refractivity contribution in [2.24, 2.45) is 0 Å². The van der Waals surface area contributed by atoms with Crippen LogP contribution in [0.5, 0.6) is 5.75 Å². The van der Waals surface area contributed by atoms with Crippen LogP contribution < -0.4 is 0 Å². The maximum atomic E-state index is 13.3. The Morgan fingerprint density at radius 3 is 2.93 bits per heavy atom. The normalized spacial score (nSPS) is 20.6. The number of phenolic OH excluding ortho intramolecular Hbond substituents is 1. The van der Waals surface area contributed by atoms with Crippen LogP contribution in [0.1, 0.15) is 42.4 Å². The van der Waals surface area contributed by atoms with Gasteiger partial charge in [-0.05, 0) is 49.3 Å². The van der Waals surface area contributed by atoms with Gasteiger partial charge >= 0.3 is 0 Å². The summed E-state index contributed by atoms with van der Waals surface area (Å²) in [6.07, 6.45) is 3.16. The van der Waals surface area contributed by atoms with Crippen LogP contribution >= 0.6 is 0 Å². The predicted octanol–water partition coefficient (Wildman–Crippen LogP) is 3.28. The summed E-state index contributed by atoms with van der Waals surface area (Å²) in [6.45, 7) is 3.97. The second-order valence-electron chi connectivity index (χ2n) is 4.21. The first-order valence-corrected chi connectivity index (χ1v) is 5.12. The lowest BCUT2D eigenvalue weighted by atomic mass is 9.81. The molecule has 2 rings (SSSR count). The predicted molar refractivity (Wildman–Crippen MR) is 54.2 cm³/mol. The smallest absolute Gasteiger partial charge is 0.165 e. The van der Waals surface area contributed by atoms with Crippen molar-refractivity contribution in [2.45, 2.75) is 39.0 Å². The van der Waals surface area contributed by atoms with Crippen molar-refractivity contribution in [3.8, 4) is 5.75 Å². The summed E-state index contributed by atoms with van der Waals surface area (Å²) >= 11 is 0. The van der Waals surface area contributed by atoms with Gasteiger partial charge in [-0.2, -0.15) is 0 Å². The lowest BCUT2D eigenvalue weighted by Gasteiger charge is -2.25. The molecule has 1 unspecified atom stereocenters. The molecule has 2 heteroatoms. The second-order valence-corrected chi connectivity index (χ2v) is 4.21. The molecule has 0 saturated carbocycles. The van der Waals surface area contributed by atoms with Crippen LogP contribution in [0.3, 0.4) is 0 Å². The topological polar surface area (TPSA) is 20.2 Å². The van der Waals surface area contributed by atoms with E-state index in [2.05, 4.69) is 6.92 Å². The fourth-order valence-corrected chi connectivity index (χ4v) is 2.42. The van der Waals surface area contributed by atoms with Gasteiger partial charge < -0.3 is 5.11 Å². The number of benzene rings is 1. The van der Waals surface area contributed by atoms with E-state index in [1.807, 2.05) is 6.92 Å². The van der Waals surface area contributed by atoms with Gasteiger partial charge in [-0.3, -0.25) is 0 Å². The summed E-state index contributed by atoms with van der Waals surface area (Å²) in [7, 11) is 0. The Bertz CT molecular complexity index is 371. The summed E-state index contributed by atoms with van der Waals surface area (Å²) in [5.74, 6) is -0.319. The molecule has 1 N–H and O–H groups in total. The van der Waals surface area contributed by atoms with Crippen molar-refractivity contribution >= 4 is 0 Å². The summed E-state index contributed by atoms with van der Waals surface area (Å²) in [4.78, 5) is 0. The van der Waals surface area contributed by atoms with Gasteiger partial charge in [-0.25, -0.2) is 4.39 Å². The third-order valence-electron chi connectivity index (χ3n) is 3.18. The number of phenols is 1. The van der Waals surface area contributed by atoms with Crippen LogP contribution in [0.4, 0.5) is 4.39 Å². The molecule has 14 heavy (non-hydrogen) atoms. The molecule has 1 aliphatic carbocycles. The number of aromatic hydroxyl groups is 1. The average molecular weight is 194 g/mol. The standard InChI is InChI=1S/C12H15FO/c1-7-4-3-5-9-8(2)6-10(13)12(14)11(7)9/h6-7,14H,3-5H2,1-2H3. The van der Waals surface area contributed by atoms with Gasteiger partial charge in [0.05, 0.1) is 0 Å². The number of hydrogen-bond acceptors (Lipinski definition) is 1. The minimum Gasteiger partial charge on any atom is -0.505 e. The van der Waals surface area contributed by atoms with Gasteiger partial charge in [0.15, 0.2) is 11.6 Å². The molecule has 76 valence electrons. The maximum Gasteiger partial charge on any atom is 0.165 e. The maximum absolute atomic E-state index is 13.3. The third-order valence-corrected chi connectivity index (χ3v) is 3.18. The molecule has 0 heterocycles. The minimum absolute atomic E-state index is 0.127. The molecular formula is C12H15FO. The molecule has 0 fully saturated rings. The van der Waals surface area contributed by atoms with Crippen molar-refractivity contribution in [3.05, 3.63) is 28.6 Å². The number of aryl methyl sites for hydroxylation is 1. The van der Waals surface area contributed by atoms with E-state index in [1.54, 1.807) is 0 Å². The Kier molecular flexibility index (Phi) is 2.22. The minimum atomic E-state index is -0.477. The largest absolute Gasteiger partial charge is 0.505 e. The molecule has 0 aliphatic heterocycles. The van der Waals surface area contributed by atoms with Crippen molar-refractivity contribution in [1.29, 1.82) is 0 Å². The van der Waals surface area contributed by atoms with E-state index < -0.39 is 5.82 Å². The molecule has 0 spiro atoms. The van der Waals surface area contributed by atoms with Gasteiger partial charge in [0, 0.05) is 5.56 Å². The Morgan fingerprint density at radius 1 is 1.50 bits per heavy atom. The van der Waals surface area contributed by atoms with Crippen LogP contribution in [0.15, 0.2) is 6.07 Å². The number of hydrogen-bond donors (Lipinski definition) is 1. The fraction of sp³-hybridized carbons (Fsp3) is 0.500. The van der Waals surface area contributed by atoms with Crippen molar-refractivity contribution in [2.75, 3.05) is 0 Å². The average Bonchev–Trinajstić information content (AvgIpc) is 2.14. The van der Waals surface area contributed by atoms with Crippen molar-refractivity contribution in [1.82, 2.24) is 0 Å². The van der Waals surface area contributed by atoms with Gasteiger partial charge in [-0.15, -0.1) is 0 Å². The van der Waals surface area contributed by atoms with Crippen LogP contribution in [0, 0.1) is 12.7 Å². The van der Waals surface area contributed by atoms with Gasteiger partial charge in [-0.1, -0.05) is 6.92 Å². The lowest BCUT2D eigenvalue weighted by molar-refractivity contribution is 0.412. The monoisotopic (exact) mass is 194 g/mol. The van der Waals surface area contributed by atoms with E-state index in [9.17, 15) is 9.50 Å². The zero-order valence-electron chi connectivity index (χ0n) is 8.60. The van der Waals surface area contributed by atoms with Gasteiger partial charge in [0.2, 0.25) is 0 Å². The van der Waals surface area contributed by atoms with Crippen molar-refractivity contribution < 1.29 is 9.50 Å². The third kappa shape index (κ3) is 1.29. The highest BCUT2D eigenvalue weighted by Gasteiger charge is 2.23. The fourth-order valence-electron chi connectivity index (χ4n) is 2.42. The highest BCUT2D eigenvalue weighted by atomic mass is 19.1. The van der Waals surface area contributed by atoms with Crippen LogP contribution in [0.25, 0.3) is 0 Å². The quantitative estimate of drug-likeness (QED) is 0.672. The summed E-state index contributed by atoms with van der Waals surface area (Å²) in [5, 5.41) is 9.66. The second kappa shape index (κ2) is 3.26. The summed E-state index contributed by atoms with van der Waals surface area (Å²) in [6, 6.07) is 1.44. The Morgan fingerprint density at radius 2 is 2.21 bits per heavy atom. The molecule has 0 bridgehead atoms. The van der Waals surface area contributed by atoms with E-state index in [0.717, 1.165) is 36.0 Å². The Labute approximate surface area is 83.6 Å². The highest BCUT2D eigenvalue weighted by Crippen LogP contribution is 2.40. The molecule has 0 saturated heterocycles. The van der Waals surface area contributed by atoms with Crippen LogP contribution in [-0.2, 0) is 6.42 Å². The summed E-state index contributed by atoms with van der Waals surface area (Å²) in [5.41, 5.74) is 2.97. The molecule has 1 aromatic rings. The Balaban J connectivity index is 2.67. The SMILES string of the molecule is Cc1cc(F)c(O)c2c1CCCC2C. The molecule has 0 amide bonds. The molecule has 1 aromatic carbocycles. The number of halogens is 1. The Hall–Kier alpha value is -1.05. The zero-order chi connectivity index (χ0) is 10.3. The van der Waals surface area contributed by atoms with Gasteiger partial charge in [0.1, 0.15) is 0 Å². The highest BCUT2D eigenvalue weighted by molar-refractivity contribution is 5.48. The molecule has 0 radical (unpaired) electrons. The summed E-state index contributed by atoms with van der Waals surface area (Å²) < 4.78 is 13.3. The first kappa shape index (κ1) is 9.50. The zero-order valence-corrected chi connectivity index (χ0v) is 8.60. The molecule has 1 aliphatic rings. The molecule has 1 atom stereocenters. The van der Waals surface area contributed by atoms with Crippen molar-refractivity contribution in [3.63, 3.8) is 0 Å². The van der Waals surface area contributed by atoms with Gasteiger partial charge in [0.25, 0.3) is 0 Å². The molecular weight excluding hydrogens is 179 g/mol. The van der Waals surface area contributed by atoms with Crippen LogP contribution in [-0.4, -0.2) is 5.11 Å². The van der Waals surface area contributed by atoms with E-state index in [-0.39, 0.29) is 11.7 Å². The number of rotatable bonds is 0. The van der Waals surface area contributed by atoms with E-state index in [1.165, 1.54) is 6.07 Å². The number of fused-ring (bicyclic) bond motifs is 1. The van der Waals surface area contributed by atoms with E-state index in [0.29, 0.717) is 0 Å².